The van der Waals surface area contributed by atoms with E-state index in [1.807, 2.05) is 0 Å². The van der Waals surface area contributed by atoms with E-state index >= 15 is 0 Å². The number of hydrogen-bond donors (Lipinski definition) is 0. The van der Waals surface area contributed by atoms with E-state index in [-0.39, 0.29) is 39.5 Å². The van der Waals surface area contributed by atoms with Crippen LogP contribution in [0.3, 0.4) is 0 Å². The maximum absolute atomic E-state index is 2.95. The molecule has 4 unspecified atom stereocenters. The quantitative estimate of drug-likeness (QED) is 0.164. The van der Waals surface area contributed by atoms with Crippen molar-refractivity contribution in [3.05, 3.63) is 154 Å². The van der Waals surface area contributed by atoms with Crippen LogP contribution in [0.1, 0.15) is 153 Å². The van der Waals surface area contributed by atoms with Gasteiger partial charge in [-0.2, -0.15) is 0 Å². The number of hydrogen-bond acceptors (Lipinski definition) is 3. The maximum atomic E-state index is 2.95. The zero-order valence-electron chi connectivity index (χ0n) is 41.0. The molecule has 3 nitrogen and oxygen atoms in total. The largest absolute Gasteiger partial charge is 0.335 e. The molecule has 0 radical (unpaired) electrons. The highest BCUT2D eigenvalue weighted by Crippen LogP contribution is 2.66. The van der Waals surface area contributed by atoms with Crippen molar-refractivity contribution in [2.75, 3.05) is 14.7 Å². The minimum atomic E-state index is -0.197. The van der Waals surface area contributed by atoms with Crippen LogP contribution in [-0.2, 0) is 21.7 Å². The van der Waals surface area contributed by atoms with E-state index in [1.165, 1.54) is 128 Å². The van der Waals surface area contributed by atoms with Gasteiger partial charge in [-0.1, -0.05) is 164 Å². The molecule has 2 fully saturated rings. The van der Waals surface area contributed by atoms with E-state index in [1.54, 1.807) is 5.56 Å². The Bertz CT molecular complexity index is 2950. The SMILES string of the molecule is Cc1ccc(N2c3ccc(C)cc3B3c4cc(C(C)(C)C)cc5c4N(c4cc(N6c7ccc(C(C)(C)C)cc7C7(c8ccccc8)CCCCC67C)cc2c43)C2(C)CCCCC52C)cc1. The smallest absolute Gasteiger partial charge is 0.252 e. The lowest BCUT2D eigenvalue weighted by atomic mass is 9.33. The van der Waals surface area contributed by atoms with Crippen LogP contribution in [0, 0.1) is 13.8 Å². The van der Waals surface area contributed by atoms with E-state index in [4.69, 9.17) is 0 Å². The predicted molar refractivity (Wildman–Crippen MR) is 278 cm³/mol. The van der Waals surface area contributed by atoms with Crippen molar-refractivity contribution >= 4 is 62.9 Å². The molecule has 6 aromatic carbocycles. The third-order valence-corrected chi connectivity index (χ3v) is 18.3. The van der Waals surface area contributed by atoms with Crippen LogP contribution in [0.25, 0.3) is 0 Å². The molecule has 0 amide bonds. The average molecular weight is 854 g/mol. The zero-order chi connectivity index (χ0) is 45.2. The summed E-state index contributed by atoms with van der Waals surface area (Å²) in [5.41, 5.74) is 23.5. The van der Waals surface area contributed by atoms with E-state index in [2.05, 4.69) is 206 Å². The van der Waals surface area contributed by atoms with Gasteiger partial charge in [-0.25, -0.2) is 0 Å². The molecule has 330 valence electrons. The third kappa shape index (κ3) is 5.32. The van der Waals surface area contributed by atoms with Crippen molar-refractivity contribution in [1.82, 2.24) is 0 Å². The topological polar surface area (TPSA) is 9.72 Å². The van der Waals surface area contributed by atoms with Gasteiger partial charge < -0.3 is 14.7 Å². The normalized spacial score (nSPS) is 26.0. The maximum Gasteiger partial charge on any atom is 0.252 e. The fraction of sp³-hybridized carbons (Fsp3) is 0.410. The molecule has 0 aromatic heterocycles. The minimum Gasteiger partial charge on any atom is -0.335 e. The second-order valence-corrected chi connectivity index (χ2v) is 24.0. The van der Waals surface area contributed by atoms with Crippen LogP contribution in [0.5, 0.6) is 0 Å². The third-order valence-electron chi connectivity index (χ3n) is 18.3. The van der Waals surface area contributed by atoms with E-state index < -0.39 is 0 Å². The van der Waals surface area contributed by atoms with Crippen LogP contribution in [-0.4, -0.2) is 17.8 Å². The number of nitrogens with zero attached hydrogens (tertiary/aromatic N) is 3. The van der Waals surface area contributed by atoms with Gasteiger partial charge in [0, 0.05) is 50.6 Å². The molecule has 6 aliphatic rings. The van der Waals surface area contributed by atoms with Crippen LogP contribution < -0.4 is 31.1 Å². The first-order valence-electron chi connectivity index (χ1n) is 25.1. The molecule has 0 N–H and O–H groups in total. The molecule has 4 atom stereocenters. The van der Waals surface area contributed by atoms with Crippen molar-refractivity contribution < 1.29 is 0 Å². The number of aryl methyl sites for hydroxylation is 2. The van der Waals surface area contributed by atoms with Crippen LogP contribution in [0.15, 0.2) is 115 Å². The van der Waals surface area contributed by atoms with Gasteiger partial charge in [-0.05, 0) is 145 Å². The van der Waals surface area contributed by atoms with Crippen molar-refractivity contribution in [1.29, 1.82) is 0 Å². The Morgan fingerprint density at radius 1 is 0.492 bits per heavy atom. The summed E-state index contributed by atoms with van der Waals surface area (Å²) in [5.74, 6) is 0. The van der Waals surface area contributed by atoms with E-state index in [0.717, 1.165) is 12.8 Å². The summed E-state index contributed by atoms with van der Waals surface area (Å²) in [7, 11) is 0. The van der Waals surface area contributed by atoms with Crippen LogP contribution >= 0.6 is 0 Å². The van der Waals surface area contributed by atoms with Gasteiger partial charge in [-0.3, -0.25) is 0 Å². The molecule has 65 heavy (non-hydrogen) atoms. The van der Waals surface area contributed by atoms with Gasteiger partial charge in [0.05, 0.1) is 11.1 Å². The summed E-state index contributed by atoms with van der Waals surface area (Å²) in [6.07, 6.45) is 9.65. The molecular weight excluding hydrogens is 786 g/mol. The van der Waals surface area contributed by atoms with Crippen molar-refractivity contribution in [2.24, 2.45) is 0 Å². The lowest BCUT2D eigenvalue weighted by molar-refractivity contribution is 0.195. The van der Waals surface area contributed by atoms with Gasteiger partial charge in [-0.15, -0.1) is 0 Å². The lowest BCUT2D eigenvalue weighted by Crippen LogP contribution is -2.64. The first-order valence-corrected chi connectivity index (χ1v) is 25.1. The molecular formula is C61H68BN3. The summed E-state index contributed by atoms with van der Waals surface area (Å²) in [5, 5.41) is 0. The standard InChI is InChI=1S/C61H68BN3/c1-39-21-25-44(26-22-39)63-51-27-23-40(2)33-48(51)62-49-36-43(57(6,7)8)35-47-55(49)65(59(10)30-16-15-29-58(47,59)9)53-38-45(37-52(63)54(53)62)64-50-28-24-42(56(3,4)5)34-46(50)61(41-19-13-12-14-20-41)32-18-17-31-60(61,64)11/h12-14,19-28,33-38H,15-18,29-32H2,1-11H3. The Balaban J connectivity index is 1.22. The Kier molecular flexibility index (Phi) is 8.53. The molecule has 0 bridgehead atoms. The van der Waals surface area contributed by atoms with Gasteiger partial charge in [0.15, 0.2) is 0 Å². The number of fused-ring (bicyclic) bond motifs is 10. The van der Waals surface area contributed by atoms with Crippen LogP contribution in [0.2, 0.25) is 0 Å². The van der Waals surface area contributed by atoms with E-state index in [0.29, 0.717) is 0 Å². The average Bonchev–Trinajstić information content (AvgIpc) is 3.64. The van der Waals surface area contributed by atoms with Crippen molar-refractivity contribution in [2.45, 2.75) is 160 Å². The second-order valence-electron chi connectivity index (χ2n) is 24.0. The monoisotopic (exact) mass is 854 g/mol. The highest BCUT2D eigenvalue weighted by atomic mass is 15.3. The first kappa shape index (κ1) is 41.2. The fourth-order valence-corrected chi connectivity index (χ4v) is 14.6. The summed E-state index contributed by atoms with van der Waals surface area (Å²) < 4.78 is 0. The number of anilines is 7. The first-order chi connectivity index (χ1) is 30.9. The highest BCUT2D eigenvalue weighted by Gasteiger charge is 2.64. The van der Waals surface area contributed by atoms with Gasteiger partial charge in [0.1, 0.15) is 0 Å². The van der Waals surface area contributed by atoms with Crippen LogP contribution in [0.4, 0.5) is 39.8 Å². The highest BCUT2D eigenvalue weighted by molar-refractivity contribution is 7.00. The minimum absolute atomic E-state index is 0.0144. The molecule has 2 aliphatic carbocycles. The van der Waals surface area contributed by atoms with E-state index in [9.17, 15) is 0 Å². The Labute approximate surface area is 390 Å². The van der Waals surface area contributed by atoms with Crippen molar-refractivity contribution in [3.63, 3.8) is 0 Å². The molecule has 6 aromatic rings. The van der Waals surface area contributed by atoms with Crippen molar-refractivity contribution in [3.8, 4) is 0 Å². The summed E-state index contributed by atoms with van der Waals surface area (Å²) in [4.78, 5) is 8.48. The Hall–Kier alpha value is -5.22. The molecule has 2 saturated carbocycles. The zero-order valence-corrected chi connectivity index (χ0v) is 41.0. The predicted octanol–water partition coefficient (Wildman–Crippen LogP) is 14.0. The molecule has 4 aliphatic heterocycles. The summed E-state index contributed by atoms with van der Waals surface area (Å²) in [6, 6.07) is 46.6. The molecule has 4 heteroatoms. The molecule has 12 rings (SSSR count). The number of rotatable bonds is 3. The molecule has 0 saturated heterocycles. The Morgan fingerprint density at radius 3 is 1.85 bits per heavy atom. The summed E-state index contributed by atoms with van der Waals surface area (Å²) in [6.45, 7) is 26.9. The second kappa shape index (κ2) is 13.5. The Morgan fingerprint density at radius 2 is 1.12 bits per heavy atom. The fourth-order valence-electron chi connectivity index (χ4n) is 14.6. The van der Waals surface area contributed by atoms with Gasteiger partial charge >= 0.3 is 0 Å². The molecule has 4 heterocycles. The van der Waals surface area contributed by atoms with Gasteiger partial charge in [0.25, 0.3) is 6.71 Å². The lowest BCUT2D eigenvalue weighted by Gasteiger charge is -2.54. The van der Waals surface area contributed by atoms with Gasteiger partial charge in [0.2, 0.25) is 0 Å². The number of benzene rings is 6. The summed E-state index contributed by atoms with van der Waals surface area (Å²) >= 11 is 0. The molecule has 0 spiro atoms.